The summed E-state index contributed by atoms with van der Waals surface area (Å²) in [6.07, 6.45) is 1.07. The number of anilines is 4. The van der Waals surface area contributed by atoms with Gasteiger partial charge in [-0.1, -0.05) is 45.2 Å². The third-order valence-electron chi connectivity index (χ3n) is 5.58. The zero-order valence-electron chi connectivity index (χ0n) is 21.6. The largest absolute Gasteiger partial charge is 0.444 e. The number of amides is 2. The number of fused-ring (bicyclic) bond motifs is 1. The van der Waals surface area contributed by atoms with Crippen LogP contribution in [0, 0.1) is 0 Å². The molecule has 200 valence electrons. The number of para-hydroxylation sites is 1. The number of carbonyl (C=O) groups excluding carboxylic acids is 2. The number of carbonyl (C=O) groups is 2. The van der Waals surface area contributed by atoms with Gasteiger partial charge in [-0.2, -0.15) is 4.98 Å². The number of benzene rings is 2. The second kappa shape index (κ2) is 11.0. The molecule has 9 nitrogen and oxygen atoms in total. The zero-order chi connectivity index (χ0) is 27.8. The van der Waals surface area contributed by atoms with Crippen molar-refractivity contribution in [3.63, 3.8) is 0 Å². The molecule has 1 aliphatic rings. The Bertz CT molecular complexity index is 1380. The Kier molecular flexibility index (Phi) is 8.06. The van der Waals surface area contributed by atoms with Gasteiger partial charge >= 0.3 is 6.09 Å². The molecule has 0 aliphatic carbocycles. The van der Waals surface area contributed by atoms with Gasteiger partial charge in [0.05, 0.1) is 22.4 Å². The third-order valence-corrected chi connectivity index (χ3v) is 6.96. The van der Waals surface area contributed by atoms with E-state index < -0.39 is 11.7 Å². The number of ether oxygens (including phenoxy) is 1. The zero-order valence-corrected chi connectivity index (χ0v) is 24.6. The Hall–Kier alpha value is -3.08. The van der Waals surface area contributed by atoms with Crippen LogP contribution in [0.1, 0.15) is 36.7 Å². The van der Waals surface area contributed by atoms with Crippen molar-refractivity contribution in [3.05, 3.63) is 68.2 Å². The summed E-state index contributed by atoms with van der Waals surface area (Å²) in [7, 11) is 3.50. The van der Waals surface area contributed by atoms with Gasteiger partial charge in [0.25, 0.3) is 5.91 Å². The van der Waals surface area contributed by atoms with Crippen molar-refractivity contribution in [1.29, 1.82) is 0 Å². The molecule has 1 N–H and O–H groups in total. The van der Waals surface area contributed by atoms with Crippen LogP contribution in [0.25, 0.3) is 0 Å². The number of hydrogen-bond donors (Lipinski definition) is 1. The predicted octanol–water partition coefficient (Wildman–Crippen LogP) is 6.71. The smallest absolute Gasteiger partial charge is 0.410 e. The highest BCUT2D eigenvalue weighted by atomic mass is 79.9. The second-order valence-electron chi connectivity index (χ2n) is 9.84. The number of nitrogens with one attached hydrogen (secondary N) is 1. The van der Waals surface area contributed by atoms with Gasteiger partial charge in [-0.25, -0.2) is 9.78 Å². The maximum Gasteiger partial charge on any atom is 0.410 e. The molecule has 4 rings (SSSR count). The van der Waals surface area contributed by atoms with E-state index in [1.807, 2.05) is 50.9 Å². The van der Waals surface area contributed by atoms with Crippen molar-refractivity contribution >= 4 is 74.3 Å². The average Bonchev–Trinajstić information content (AvgIpc) is 2.83. The Morgan fingerprint density at radius 1 is 1.21 bits per heavy atom. The normalized spacial score (nSPS) is 13.3. The van der Waals surface area contributed by atoms with Crippen LogP contribution in [-0.4, -0.2) is 53.2 Å². The first kappa shape index (κ1) is 27.9. The summed E-state index contributed by atoms with van der Waals surface area (Å²) in [5.41, 5.74) is 1.77. The molecule has 3 aromatic rings. The number of rotatable bonds is 5. The van der Waals surface area contributed by atoms with E-state index in [4.69, 9.17) is 27.9 Å². The molecule has 2 amide bonds. The highest BCUT2D eigenvalue weighted by molar-refractivity contribution is 9.10. The molecule has 12 heteroatoms. The van der Waals surface area contributed by atoms with E-state index in [2.05, 4.69) is 31.2 Å². The van der Waals surface area contributed by atoms with Crippen molar-refractivity contribution < 1.29 is 14.3 Å². The monoisotopic (exact) mass is 620 g/mol. The van der Waals surface area contributed by atoms with E-state index in [-0.39, 0.29) is 12.6 Å². The molecule has 0 bridgehead atoms. The summed E-state index contributed by atoms with van der Waals surface area (Å²) >= 11 is 16.2. The predicted molar refractivity (Wildman–Crippen MR) is 154 cm³/mol. The molecular weight excluding hydrogens is 595 g/mol. The highest BCUT2D eigenvalue weighted by Crippen LogP contribution is 2.37. The van der Waals surface area contributed by atoms with Gasteiger partial charge in [-0.3, -0.25) is 9.69 Å². The lowest BCUT2D eigenvalue weighted by atomic mass is 10.2. The van der Waals surface area contributed by atoms with E-state index in [1.54, 1.807) is 25.2 Å². The molecule has 38 heavy (non-hydrogen) atoms. The van der Waals surface area contributed by atoms with Gasteiger partial charge in [-0.05, 0) is 56.7 Å². The minimum atomic E-state index is -0.582. The minimum Gasteiger partial charge on any atom is -0.444 e. The lowest BCUT2D eigenvalue weighted by molar-refractivity contribution is 0.0284. The van der Waals surface area contributed by atoms with Gasteiger partial charge in [-0.15, -0.1) is 0 Å². The SMILES string of the molecule is CN(Cc1cc(Nc2ncc3c(n2)N(C)CN(c2c(Cl)cccc2Cl)C3=O)ccc1Br)C(=O)OC(C)(C)C. The molecule has 0 fully saturated rings. The van der Waals surface area contributed by atoms with Crippen LogP contribution >= 0.6 is 39.1 Å². The van der Waals surface area contributed by atoms with Crippen LogP contribution in [0.2, 0.25) is 10.0 Å². The first-order chi connectivity index (χ1) is 17.8. The van der Waals surface area contributed by atoms with Crippen LogP contribution in [0.3, 0.4) is 0 Å². The number of aromatic nitrogens is 2. The molecule has 0 atom stereocenters. The molecule has 0 saturated heterocycles. The van der Waals surface area contributed by atoms with Gasteiger partial charge in [0.1, 0.15) is 17.0 Å². The maximum absolute atomic E-state index is 13.3. The molecule has 0 spiro atoms. The van der Waals surface area contributed by atoms with Crippen LogP contribution in [0.15, 0.2) is 47.1 Å². The Labute approximate surface area is 239 Å². The Morgan fingerprint density at radius 2 is 1.89 bits per heavy atom. The number of halogens is 3. The molecule has 1 aliphatic heterocycles. The van der Waals surface area contributed by atoms with E-state index in [0.29, 0.717) is 39.6 Å². The molecule has 0 saturated carbocycles. The minimum absolute atomic E-state index is 0.213. The first-order valence-electron chi connectivity index (χ1n) is 11.7. The van der Waals surface area contributed by atoms with Crippen molar-refractivity contribution in [1.82, 2.24) is 14.9 Å². The highest BCUT2D eigenvalue weighted by Gasteiger charge is 2.32. The lowest BCUT2D eigenvalue weighted by Crippen LogP contribution is -2.46. The van der Waals surface area contributed by atoms with E-state index in [1.165, 1.54) is 16.0 Å². The summed E-state index contributed by atoms with van der Waals surface area (Å²) < 4.78 is 6.28. The lowest BCUT2D eigenvalue weighted by Gasteiger charge is -2.35. The second-order valence-corrected chi connectivity index (χ2v) is 11.5. The fourth-order valence-corrected chi connectivity index (χ4v) is 4.82. The van der Waals surface area contributed by atoms with E-state index >= 15 is 0 Å². The van der Waals surface area contributed by atoms with Crippen LogP contribution < -0.4 is 15.1 Å². The molecule has 2 heterocycles. The van der Waals surface area contributed by atoms with Crippen molar-refractivity contribution in [2.75, 3.05) is 35.9 Å². The molecule has 2 aromatic carbocycles. The summed E-state index contributed by atoms with van der Waals surface area (Å²) in [6, 6.07) is 10.7. The van der Waals surface area contributed by atoms with E-state index in [0.717, 1.165) is 15.7 Å². The summed E-state index contributed by atoms with van der Waals surface area (Å²) in [4.78, 5) is 39.5. The fraction of sp³-hybridized carbons (Fsp3) is 0.308. The standard InChI is InChI=1S/C26H27BrCl2N6O3/c1-26(2,3)38-25(37)33(4)13-15-11-16(9-10-18(15)27)31-24-30-12-17-22(32-24)34(5)14-35(23(17)36)21-19(28)7-6-8-20(21)29/h6-12H,13-14H2,1-5H3,(H,30,31,32). The number of hydrogen-bond acceptors (Lipinski definition) is 7. The average molecular weight is 622 g/mol. The van der Waals surface area contributed by atoms with Gasteiger partial charge < -0.3 is 19.9 Å². The van der Waals surface area contributed by atoms with Gasteiger partial charge in [0.15, 0.2) is 0 Å². The molecule has 0 unspecified atom stereocenters. The van der Waals surface area contributed by atoms with E-state index in [9.17, 15) is 9.59 Å². The van der Waals surface area contributed by atoms with Gasteiger partial charge in [0.2, 0.25) is 5.95 Å². The van der Waals surface area contributed by atoms with Crippen molar-refractivity contribution in [2.45, 2.75) is 32.9 Å². The Balaban J connectivity index is 1.54. The topological polar surface area (TPSA) is 90.9 Å². The maximum atomic E-state index is 13.3. The molecular formula is C26H27BrCl2N6O3. The van der Waals surface area contributed by atoms with Crippen LogP contribution in [0.4, 0.5) is 27.9 Å². The van der Waals surface area contributed by atoms with Crippen molar-refractivity contribution in [2.24, 2.45) is 0 Å². The van der Waals surface area contributed by atoms with Crippen LogP contribution in [-0.2, 0) is 11.3 Å². The van der Waals surface area contributed by atoms with Gasteiger partial charge in [0, 0.05) is 37.0 Å². The van der Waals surface area contributed by atoms with Crippen LogP contribution in [0.5, 0.6) is 0 Å². The summed E-state index contributed by atoms with van der Waals surface area (Å²) in [5.74, 6) is 0.506. The Morgan fingerprint density at radius 3 is 2.55 bits per heavy atom. The third kappa shape index (κ3) is 6.14. The summed E-state index contributed by atoms with van der Waals surface area (Å²) in [6.45, 7) is 6.02. The molecule has 0 radical (unpaired) electrons. The quantitative estimate of drug-likeness (QED) is 0.338. The fourth-order valence-electron chi connectivity index (χ4n) is 3.85. The van der Waals surface area contributed by atoms with Crippen molar-refractivity contribution in [3.8, 4) is 0 Å². The first-order valence-corrected chi connectivity index (χ1v) is 13.2. The molecule has 1 aromatic heterocycles. The number of nitrogens with zero attached hydrogens (tertiary/aromatic N) is 5. The summed E-state index contributed by atoms with van der Waals surface area (Å²) in [5, 5.41) is 3.95.